The zero-order valence-electron chi connectivity index (χ0n) is 21.1. The predicted octanol–water partition coefficient (Wildman–Crippen LogP) is 5.46. The van der Waals surface area contributed by atoms with Crippen LogP contribution in [0.15, 0.2) is 72.8 Å². The quantitative estimate of drug-likeness (QED) is 0.278. The number of hydrogen-bond donors (Lipinski definition) is 0. The van der Waals surface area contributed by atoms with Crippen molar-refractivity contribution in [2.24, 2.45) is 0 Å². The van der Waals surface area contributed by atoms with Crippen LogP contribution in [0.25, 0.3) is 10.2 Å². The summed E-state index contributed by atoms with van der Waals surface area (Å²) in [6.07, 6.45) is 1.73. The number of thiazole rings is 1. The topological polar surface area (TPSA) is 62.7 Å². The molecule has 7 heteroatoms. The molecule has 2 heterocycles. The van der Waals surface area contributed by atoms with Gasteiger partial charge in [-0.3, -0.25) is 19.4 Å². The summed E-state index contributed by atoms with van der Waals surface area (Å²) in [6.45, 7) is 6.96. The van der Waals surface area contributed by atoms with Gasteiger partial charge in [-0.2, -0.15) is 0 Å². The monoisotopic (exact) mass is 513 g/mol. The molecule has 0 aliphatic carbocycles. The number of ether oxygens (including phenoxy) is 1. The van der Waals surface area contributed by atoms with E-state index in [0.29, 0.717) is 28.4 Å². The van der Waals surface area contributed by atoms with Gasteiger partial charge in [0.2, 0.25) is 0 Å². The van der Waals surface area contributed by atoms with E-state index in [-0.39, 0.29) is 11.7 Å². The summed E-state index contributed by atoms with van der Waals surface area (Å²) in [5.41, 5.74) is 3.90. The normalized spacial score (nSPS) is 14.1. The van der Waals surface area contributed by atoms with Gasteiger partial charge in [0, 0.05) is 42.9 Å². The fourth-order valence-corrected chi connectivity index (χ4v) is 5.67. The summed E-state index contributed by atoms with van der Waals surface area (Å²) < 4.78 is 6.55. The highest BCUT2D eigenvalue weighted by atomic mass is 32.1. The molecule has 3 aromatic carbocycles. The summed E-state index contributed by atoms with van der Waals surface area (Å²) >= 11 is 1.56. The largest absolute Gasteiger partial charge is 0.379 e. The molecular weight excluding hydrogens is 482 g/mol. The highest BCUT2D eigenvalue weighted by molar-refractivity contribution is 7.22. The number of morpholine rings is 1. The van der Waals surface area contributed by atoms with Crippen LogP contribution < -0.4 is 4.90 Å². The minimum atomic E-state index is -0.0993. The van der Waals surface area contributed by atoms with E-state index in [2.05, 4.69) is 30.0 Å². The molecular formula is C30H31N3O3S. The Hall–Kier alpha value is -3.39. The Morgan fingerprint density at radius 1 is 0.919 bits per heavy atom. The highest BCUT2D eigenvalue weighted by Gasteiger charge is 2.23. The summed E-state index contributed by atoms with van der Waals surface area (Å²) in [7, 11) is 0. The molecule has 1 fully saturated rings. The van der Waals surface area contributed by atoms with Crippen molar-refractivity contribution in [2.75, 3.05) is 44.3 Å². The zero-order valence-corrected chi connectivity index (χ0v) is 21.9. The number of para-hydroxylation sites is 1. The molecule has 0 saturated carbocycles. The van der Waals surface area contributed by atoms with Crippen molar-refractivity contribution < 1.29 is 14.3 Å². The van der Waals surface area contributed by atoms with E-state index in [1.54, 1.807) is 52.6 Å². The number of nitrogens with zero attached hydrogens (tertiary/aromatic N) is 3. The van der Waals surface area contributed by atoms with Gasteiger partial charge >= 0.3 is 0 Å². The molecule has 0 bridgehead atoms. The van der Waals surface area contributed by atoms with E-state index in [0.717, 1.165) is 55.9 Å². The lowest BCUT2D eigenvalue weighted by molar-refractivity contribution is 0.0376. The second kappa shape index (κ2) is 11.8. The number of carbonyl (C=O) groups is 2. The molecule has 1 amide bonds. The number of amides is 1. The molecule has 1 aliphatic rings. The van der Waals surface area contributed by atoms with Gasteiger partial charge in [0.25, 0.3) is 5.91 Å². The standard InChI is InChI=1S/C30H31N3O3S/c1-2-22-10-6-11-26-27(22)31-30(37-26)33(17-7-16-32-18-20-36-21-19-32)29(35)25-14-12-24(13-15-25)28(34)23-8-4-3-5-9-23/h3-6,8-15H,2,7,16-21H2,1H3. The number of carbonyl (C=O) groups excluding carboxylic acids is 2. The first-order chi connectivity index (χ1) is 18.1. The first kappa shape index (κ1) is 25.3. The molecule has 1 saturated heterocycles. The van der Waals surface area contributed by atoms with Crippen molar-refractivity contribution in [3.63, 3.8) is 0 Å². The average molecular weight is 514 g/mol. The van der Waals surface area contributed by atoms with Crippen molar-refractivity contribution in [3.05, 3.63) is 95.1 Å². The van der Waals surface area contributed by atoms with Crippen LogP contribution in [0.5, 0.6) is 0 Å². The number of anilines is 1. The Balaban J connectivity index is 1.39. The van der Waals surface area contributed by atoms with Crippen LogP contribution in [0.2, 0.25) is 0 Å². The lowest BCUT2D eigenvalue weighted by Gasteiger charge is -2.27. The van der Waals surface area contributed by atoms with Crippen LogP contribution >= 0.6 is 11.3 Å². The van der Waals surface area contributed by atoms with Gasteiger partial charge in [-0.25, -0.2) is 4.98 Å². The van der Waals surface area contributed by atoms with Crippen molar-refractivity contribution >= 4 is 38.4 Å². The molecule has 0 unspecified atom stereocenters. The Labute approximate surface area is 221 Å². The van der Waals surface area contributed by atoms with Crippen molar-refractivity contribution in [3.8, 4) is 0 Å². The molecule has 1 aromatic heterocycles. The highest BCUT2D eigenvalue weighted by Crippen LogP contribution is 2.32. The summed E-state index contributed by atoms with van der Waals surface area (Å²) in [5, 5.41) is 0.715. The molecule has 6 nitrogen and oxygen atoms in total. The molecule has 0 spiro atoms. The Morgan fingerprint density at radius 2 is 1.62 bits per heavy atom. The van der Waals surface area contributed by atoms with Crippen molar-refractivity contribution in [1.82, 2.24) is 9.88 Å². The number of fused-ring (bicyclic) bond motifs is 1. The maximum absolute atomic E-state index is 13.8. The Bertz CT molecular complexity index is 1360. The van der Waals surface area contributed by atoms with E-state index in [9.17, 15) is 9.59 Å². The molecule has 37 heavy (non-hydrogen) atoms. The number of aromatic nitrogens is 1. The molecule has 0 N–H and O–H groups in total. The smallest absolute Gasteiger partial charge is 0.260 e. The van der Waals surface area contributed by atoms with E-state index < -0.39 is 0 Å². The van der Waals surface area contributed by atoms with Crippen LogP contribution in [-0.4, -0.2) is 61.0 Å². The minimum absolute atomic E-state index is 0.0553. The fraction of sp³-hybridized carbons (Fsp3) is 0.300. The van der Waals surface area contributed by atoms with Gasteiger partial charge in [-0.1, -0.05) is 72.9 Å². The van der Waals surface area contributed by atoms with Crippen LogP contribution in [-0.2, 0) is 11.2 Å². The number of hydrogen-bond acceptors (Lipinski definition) is 6. The Kier molecular flexibility index (Phi) is 8.04. The van der Waals surface area contributed by atoms with Gasteiger partial charge in [-0.05, 0) is 36.6 Å². The molecule has 4 aromatic rings. The molecule has 1 aliphatic heterocycles. The van der Waals surface area contributed by atoms with Gasteiger partial charge in [-0.15, -0.1) is 0 Å². The third-order valence-electron chi connectivity index (χ3n) is 6.74. The third kappa shape index (κ3) is 5.80. The van der Waals surface area contributed by atoms with Gasteiger partial charge in [0.05, 0.1) is 23.4 Å². The minimum Gasteiger partial charge on any atom is -0.379 e. The predicted molar refractivity (Wildman–Crippen MR) is 149 cm³/mol. The second-order valence-corrected chi connectivity index (χ2v) is 10.2. The van der Waals surface area contributed by atoms with Gasteiger partial charge in [0.1, 0.15) is 0 Å². The van der Waals surface area contributed by atoms with E-state index in [1.807, 2.05) is 18.2 Å². The summed E-state index contributed by atoms with van der Waals surface area (Å²) in [5.74, 6) is -0.155. The van der Waals surface area contributed by atoms with E-state index >= 15 is 0 Å². The first-order valence-electron chi connectivity index (χ1n) is 12.8. The SMILES string of the molecule is CCc1cccc2sc(N(CCCN3CCOCC3)C(=O)c3ccc(C(=O)c4ccccc4)cc3)nc12. The van der Waals surface area contributed by atoms with Crippen LogP contribution in [0.1, 0.15) is 45.2 Å². The number of benzene rings is 3. The van der Waals surface area contributed by atoms with Crippen LogP contribution in [0.4, 0.5) is 5.13 Å². The lowest BCUT2D eigenvalue weighted by Crippen LogP contribution is -2.39. The van der Waals surface area contributed by atoms with Crippen LogP contribution in [0, 0.1) is 0 Å². The molecule has 0 atom stereocenters. The van der Waals surface area contributed by atoms with E-state index in [4.69, 9.17) is 9.72 Å². The lowest BCUT2D eigenvalue weighted by atomic mass is 10.0. The van der Waals surface area contributed by atoms with E-state index in [1.165, 1.54) is 5.56 Å². The molecule has 5 rings (SSSR count). The first-order valence-corrected chi connectivity index (χ1v) is 13.7. The summed E-state index contributed by atoms with van der Waals surface area (Å²) in [4.78, 5) is 35.7. The molecule has 190 valence electrons. The van der Waals surface area contributed by atoms with Gasteiger partial charge in [0.15, 0.2) is 10.9 Å². The molecule has 0 radical (unpaired) electrons. The van der Waals surface area contributed by atoms with Crippen molar-refractivity contribution in [2.45, 2.75) is 19.8 Å². The zero-order chi connectivity index (χ0) is 25.6. The number of aryl methyl sites for hydroxylation is 1. The number of rotatable bonds is 9. The second-order valence-electron chi connectivity index (χ2n) is 9.15. The van der Waals surface area contributed by atoms with Crippen molar-refractivity contribution in [1.29, 1.82) is 0 Å². The maximum Gasteiger partial charge on any atom is 0.260 e. The third-order valence-corrected chi connectivity index (χ3v) is 7.78. The van der Waals surface area contributed by atoms with Gasteiger partial charge < -0.3 is 4.74 Å². The number of ketones is 1. The fourth-order valence-electron chi connectivity index (χ4n) is 4.63. The average Bonchev–Trinajstić information content (AvgIpc) is 3.40. The summed E-state index contributed by atoms with van der Waals surface area (Å²) in [6, 6.07) is 22.4. The van der Waals surface area contributed by atoms with Crippen LogP contribution in [0.3, 0.4) is 0 Å². The Morgan fingerprint density at radius 3 is 2.35 bits per heavy atom. The maximum atomic E-state index is 13.8.